The normalized spacial score (nSPS) is 11.9. The molecule has 0 saturated carbocycles. The molecule has 0 aliphatic rings. The average Bonchev–Trinajstić information content (AvgIpc) is 4.32. The SMILES string of the molecule is c1ccc(-c2nc(-c3ccccc3)nc(-c3cccc4c3oc3c(-n5c6ccccc6c6cc(-c7ccc8c(c7)c7cc(-n9c%10ccccc%10c%10ccccc%109)ccc7n8-c7ccccc7)ccc65)cccc34)n2)cc1. The summed E-state index contributed by atoms with van der Waals surface area (Å²) in [5.41, 5.74) is 16.6. The smallest absolute Gasteiger partial charge is 0.167 e. The number of para-hydroxylation sites is 6. The first kappa shape index (κ1) is 42.2. The quantitative estimate of drug-likeness (QED) is 0.160. The van der Waals surface area contributed by atoms with E-state index in [1.807, 2.05) is 66.7 Å². The second-order valence-corrected chi connectivity index (χ2v) is 19.5. The molecular formula is C69H42N6O. The van der Waals surface area contributed by atoms with Crippen LogP contribution < -0.4 is 0 Å². The standard InChI is InChI=1S/C69H42N6O/c1-4-18-43(19-5-1)67-70-68(44-20-6-2-7-21-44)72-69(71-67)54-29-16-27-52-53-28-17-33-64(66(53)76-65(52)54)75-60-32-15-12-26-51(60)55-40-45(35-38-63(55)75)46-34-37-61-56(41-46)57-42-48(36-39-62(57)73(61)47-22-8-3-9-23-47)74-58-30-13-10-24-49(58)50-25-11-14-31-59(50)74/h1-42H. The van der Waals surface area contributed by atoms with Crippen LogP contribution in [0.25, 0.3) is 150 Å². The largest absolute Gasteiger partial charge is 0.453 e. The van der Waals surface area contributed by atoms with E-state index < -0.39 is 0 Å². The van der Waals surface area contributed by atoms with Crippen LogP contribution in [-0.4, -0.2) is 28.7 Å². The van der Waals surface area contributed by atoms with Gasteiger partial charge in [-0.1, -0.05) is 170 Å². The summed E-state index contributed by atoms with van der Waals surface area (Å²) in [6.45, 7) is 0. The average molecular weight is 971 g/mol. The van der Waals surface area contributed by atoms with Crippen molar-refractivity contribution >= 4 is 87.4 Å². The number of furan rings is 1. The Morgan fingerprint density at radius 2 is 0.671 bits per heavy atom. The van der Waals surface area contributed by atoms with Gasteiger partial charge in [-0.05, 0) is 96.1 Å². The fraction of sp³-hybridized carbons (Fsp3) is 0. The molecular weight excluding hydrogens is 929 g/mol. The van der Waals surface area contributed by atoms with Crippen LogP contribution in [0.2, 0.25) is 0 Å². The topological polar surface area (TPSA) is 66.6 Å². The number of fused-ring (bicyclic) bond motifs is 12. The summed E-state index contributed by atoms with van der Waals surface area (Å²) in [7, 11) is 0. The number of nitrogens with zero attached hydrogens (tertiary/aromatic N) is 6. The van der Waals surface area contributed by atoms with E-state index in [1.54, 1.807) is 0 Å². The predicted molar refractivity (Wildman–Crippen MR) is 312 cm³/mol. The maximum absolute atomic E-state index is 7.13. The molecule has 0 atom stereocenters. The van der Waals surface area contributed by atoms with E-state index in [-0.39, 0.29) is 0 Å². The fourth-order valence-corrected chi connectivity index (χ4v) is 11.9. The summed E-state index contributed by atoms with van der Waals surface area (Å²) >= 11 is 0. The van der Waals surface area contributed by atoms with E-state index in [2.05, 4.69) is 202 Å². The zero-order valence-electron chi connectivity index (χ0n) is 40.8. The molecule has 0 aliphatic carbocycles. The summed E-state index contributed by atoms with van der Waals surface area (Å²) in [6.07, 6.45) is 0. The van der Waals surface area contributed by atoms with Gasteiger partial charge < -0.3 is 18.1 Å². The van der Waals surface area contributed by atoms with E-state index in [9.17, 15) is 0 Å². The minimum atomic E-state index is 0.551. The van der Waals surface area contributed by atoms with E-state index in [4.69, 9.17) is 19.4 Å². The molecule has 5 aromatic heterocycles. The minimum absolute atomic E-state index is 0.551. The number of rotatable bonds is 7. The Morgan fingerprint density at radius 3 is 1.29 bits per heavy atom. The van der Waals surface area contributed by atoms with Gasteiger partial charge in [0.25, 0.3) is 0 Å². The highest BCUT2D eigenvalue weighted by Crippen LogP contribution is 2.43. The summed E-state index contributed by atoms with van der Waals surface area (Å²) in [5, 5.41) is 9.23. The molecule has 0 aliphatic heterocycles. The van der Waals surface area contributed by atoms with Crippen LogP contribution in [-0.2, 0) is 0 Å². The van der Waals surface area contributed by atoms with E-state index in [0.717, 1.165) is 99.7 Å². The van der Waals surface area contributed by atoms with E-state index in [1.165, 1.54) is 32.6 Å². The fourth-order valence-electron chi connectivity index (χ4n) is 11.9. The first-order valence-electron chi connectivity index (χ1n) is 25.7. The Balaban J connectivity index is 0.860. The van der Waals surface area contributed by atoms with Crippen molar-refractivity contribution in [1.29, 1.82) is 0 Å². The molecule has 0 fully saturated rings. The van der Waals surface area contributed by atoms with Gasteiger partial charge in [-0.15, -0.1) is 0 Å². The number of aromatic nitrogens is 6. The first-order valence-corrected chi connectivity index (χ1v) is 25.7. The van der Waals surface area contributed by atoms with Crippen molar-refractivity contribution < 1.29 is 4.42 Å². The van der Waals surface area contributed by atoms with Crippen LogP contribution in [0, 0.1) is 0 Å². The van der Waals surface area contributed by atoms with Crippen molar-refractivity contribution in [2.75, 3.05) is 0 Å². The number of benzene rings is 11. The number of hydrogen-bond donors (Lipinski definition) is 0. The highest BCUT2D eigenvalue weighted by molar-refractivity contribution is 6.16. The molecule has 354 valence electrons. The van der Waals surface area contributed by atoms with E-state index >= 15 is 0 Å². The van der Waals surface area contributed by atoms with Crippen LogP contribution in [0.1, 0.15) is 0 Å². The molecule has 0 unspecified atom stereocenters. The predicted octanol–water partition coefficient (Wildman–Crippen LogP) is 17.7. The molecule has 11 aromatic carbocycles. The lowest BCUT2D eigenvalue weighted by molar-refractivity contribution is 0.667. The van der Waals surface area contributed by atoms with Crippen LogP contribution in [0.4, 0.5) is 0 Å². The van der Waals surface area contributed by atoms with Crippen molar-refractivity contribution in [2.45, 2.75) is 0 Å². The third-order valence-electron chi connectivity index (χ3n) is 15.3. The van der Waals surface area contributed by atoms with Crippen molar-refractivity contribution in [1.82, 2.24) is 28.7 Å². The molecule has 0 spiro atoms. The second kappa shape index (κ2) is 16.6. The van der Waals surface area contributed by atoms with Crippen LogP contribution in [0.15, 0.2) is 259 Å². The summed E-state index contributed by atoms with van der Waals surface area (Å²) < 4.78 is 14.3. The Kier molecular flexibility index (Phi) is 9.20. The monoisotopic (exact) mass is 970 g/mol. The molecule has 0 N–H and O–H groups in total. The summed E-state index contributed by atoms with van der Waals surface area (Å²) in [5.74, 6) is 1.76. The molecule has 5 heterocycles. The minimum Gasteiger partial charge on any atom is -0.453 e. The second-order valence-electron chi connectivity index (χ2n) is 19.5. The molecule has 0 saturated heterocycles. The molecule has 76 heavy (non-hydrogen) atoms. The van der Waals surface area contributed by atoms with Gasteiger partial charge in [0.1, 0.15) is 5.58 Å². The zero-order chi connectivity index (χ0) is 49.8. The van der Waals surface area contributed by atoms with E-state index in [0.29, 0.717) is 17.5 Å². The maximum Gasteiger partial charge on any atom is 0.167 e. The maximum atomic E-state index is 7.13. The van der Waals surface area contributed by atoms with Crippen LogP contribution in [0.5, 0.6) is 0 Å². The molecule has 7 heteroatoms. The van der Waals surface area contributed by atoms with Gasteiger partial charge in [0.15, 0.2) is 23.1 Å². The lowest BCUT2D eigenvalue weighted by Gasteiger charge is -2.10. The highest BCUT2D eigenvalue weighted by Gasteiger charge is 2.23. The number of hydrogen-bond acceptors (Lipinski definition) is 4. The molecule has 0 amide bonds. The highest BCUT2D eigenvalue weighted by atomic mass is 16.3. The molecule has 16 aromatic rings. The third-order valence-corrected chi connectivity index (χ3v) is 15.3. The van der Waals surface area contributed by atoms with Gasteiger partial charge in [-0.2, -0.15) is 0 Å². The van der Waals surface area contributed by atoms with Gasteiger partial charge in [0.05, 0.1) is 44.4 Å². The van der Waals surface area contributed by atoms with Gasteiger partial charge >= 0.3 is 0 Å². The Bertz CT molecular complexity index is 4880. The van der Waals surface area contributed by atoms with Gasteiger partial charge in [0.2, 0.25) is 0 Å². The van der Waals surface area contributed by atoms with Gasteiger partial charge in [-0.25, -0.2) is 15.0 Å². The molecule has 0 radical (unpaired) electrons. The van der Waals surface area contributed by atoms with Crippen LogP contribution in [0.3, 0.4) is 0 Å². The zero-order valence-corrected chi connectivity index (χ0v) is 40.8. The first-order chi connectivity index (χ1) is 37.7. The molecule has 7 nitrogen and oxygen atoms in total. The molecule has 16 rings (SSSR count). The van der Waals surface area contributed by atoms with Gasteiger partial charge in [-0.3, -0.25) is 0 Å². The lowest BCUT2D eigenvalue weighted by atomic mass is 10.0. The Labute approximate surface area is 435 Å². The third kappa shape index (κ3) is 6.39. The van der Waals surface area contributed by atoms with Crippen molar-refractivity contribution in [3.05, 3.63) is 255 Å². The molecule has 0 bridgehead atoms. The van der Waals surface area contributed by atoms with Crippen LogP contribution >= 0.6 is 0 Å². The van der Waals surface area contributed by atoms with Crippen molar-refractivity contribution in [2.24, 2.45) is 0 Å². The van der Waals surface area contributed by atoms with Crippen molar-refractivity contribution in [3.8, 4) is 62.4 Å². The Morgan fingerprint density at radius 1 is 0.250 bits per heavy atom. The van der Waals surface area contributed by atoms with Gasteiger partial charge in [0, 0.05) is 65.6 Å². The summed E-state index contributed by atoms with van der Waals surface area (Å²) in [4.78, 5) is 15.2. The Hall–Kier alpha value is -10.4. The summed E-state index contributed by atoms with van der Waals surface area (Å²) in [6, 6.07) is 90.5. The lowest BCUT2D eigenvalue weighted by Crippen LogP contribution is -2.00. The van der Waals surface area contributed by atoms with Crippen molar-refractivity contribution in [3.63, 3.8) is 0 Å².